The van der Waals surface area contributed by atoms with Crippen LogP contribution in [0.3, 0.4) is 0 Å². The third-order valence-electron chi connectivity index (χ3n) is 1.40. The van der Waals surface area contributed by atoms with Gasteiger partial charge in [0.25, 0.3) is 0 Å². The summed E-state index contributed by atoms with van der Waals surface area (Å²) in [5, 5.41) is 8.47. The maximum atomic E-state index is 11.8. The molecule has 14 heavy (non-hydrogen) atoms. The van der Waals surface area contributed by atoms with Gasteiger partial charge in [0.1, 0.15) is 0 Å². The lowest BCUT2D eigenvalue weighted by molar-refractivity contribution is 0.499. The highest BCUT2D eigenvalue weighted by Gasteiger charge is 2.17. The summed E-state index contributed by atoms with van der Waals surface area (Å²) >= 11 is 0. The molecular weight excluding hydrogens is 192 g/mol. The van der Waals surface area contributed by atoms with Gasteiger partial charge >= 0.3 is 6.98 Å². The van der Waals surface area contributed by atoms with Gasteiger partial charge in [0.2, 0.25) is 0 Å². The summed E-state index contributed by atoms with van der Waals surface area (Å²) in [4.78, 5) is 3.66. The van der Waals surface area contributed by atoms with Gasteiger partial charge in [-0.1, -0.05) is 6.08 Å². The van der Waals surface area contributed by atoms with E-state index in [1.165, 1.54) is 18.3 Å². The molecule has 0 amide bonds. The Bertz CT molecular complexity index is 392. The number of rotatable bonds is 2. The molecule has 0 aromatic carbocycles. The van der Waals surface area contributed by atoms with Gasteiger partial charge in [0.05, 0.1) is 17.3 Å². The molecule has 1 rings (SSSR count). The molecule has 1 aromatic rings. The smallest absolute Gasteiger partial charge is 0.445 e. The Morgan fingerprint density at radius 1 is 1.43 bits per heavy atom. The first-order valence-electron chi connectivity index (χ1n) is 3.76. The third-order valence-corrected chi connectivity index (χ3v) is 1.40. The molecule has 0 N–H and O–H groups in total. The zero-order chi connectivity index (χ0) is 10.6. The molecule has 0 saturated carbocycles. The number of aromatic nitrogens is 1. The zero-order valence-corrected chi connectivity index (χ0v) is 6.99. The Morgan fingerprint density at radius 2 is 2.14 bits per heavy atom. The average Bonchev–Trinajstić information content (AvgIpc) is 2.14. The van der Waals surface area contributed by atoms with Crippen molar-refractivity contribution in [2.45, 2.75) is 0 Å². The summed E-state index contributed by atoms with van der Waals surface area (Å²) in [6.45, 7) is -4.95. The average molecular weight is 197 g/mol. The highest BCUT2D eigenvalue weighted by Crippen LogP contribution is 2.12. The molecule has 0 aliphatic rings. The number of hydrogen-bond acceptors (Lipinski definition) is 2. The van der Waals surface area contributed by atoms with Gasteiger partial charge in [-0.15, -0.1) is 5.98 Å². The first kappa shape index (κ1) is 10.3. The van der Waals surface area contributed by atoms with Gasteiger partial charge in [-0.05, 0) is 12.1 Å². The van der Waals surface area contributed by atoms with Crippen molar-refractivity contribution in [1.29, 1.82) is 5.26 Å². The van der Waals surface area contributed by atoms with E-state index in [4.69, 9.17) is 5.26 Å². The third kappa shape index (κ3) is 3.31. The van der Waals surface area contributed by atoms with Gasteiger partial charge < -0.3 is 12.9 Å². The van der Waals surface area contributed by atoms with E-state index in [0.29, 0.717) is 0 Å². The van der Waals surface area contributed by atoms with E-state index >= 15 is 0 Å². The predicted molar refractivity (Wildman–Crippen MR) is 47.1 cm³/mol. The Hall–Kier alpha value is -1.77. The monoisotopic (exact) mass is 197 g/mol. The van der Waals surface area contributed by atoms with Gasteiger partial charge in [-0.25, -0.2) is 0 Å². The van der Waals surface area contributed by atoms with Crippen LogP contribution in [0.5, 0.6) is 0 Å². The van der Waals surface area contributed by atoms with Crippen LogP contribution < -0.4 is 0 Å². The van der Waals surface area contributed by atoms with Crippen LogP contribution in [0.4, 0.5) is 12.9 Å². The van der Waals surface area contributed by atoms with Crippen molar-refractivity contribution < 1.29 is 12.9 Å². The molecule has 0 aliphatic carbocycles. The van der Waals surface area contributed by atoms with Crippen molar-refractivity contribution in [3.05, 3.63) is 35.6 Å². The molecule has 72 valence electrons. The van der Waals surface area contributed by atoms with Gasteiger partial charge in [-0.3, -0.25) is 4.98 Å². The standard InChI is InChI=1S/C8H5BF3N2/c10-9(11,12)3-1-8-5-7(6-13)2-4-14-8/h1-5H/q-1/b3-1+. The summed E-state index contributed by atoms with van der Waals surface area (Å²) in [5.74, 6) is 0.142. The van der Waals surface area contributed by atoms with Crippen LogP contribution in [0.1, 0.15) is 11.3 Å². The number of halogens is 3. The van der Waals surface area contributed by atoms with Crippen LogP contribution in [0.15, 0.2) is 24.3 Å². The molecule has 2 nitrogen and oxygen atoms in total. The lowest BCUT2D eigenvalue weighted by Gasteiger charge is -2.05. The van der Waals surface area contributed by atoms with E-state index in [1.54, 1.807) is 0 Å². The minimum absolute atomic E-state index is 0.128. The van der Waals surface area contributed by atoms with Crippen molar-refractivity contribution >= 4 is 13.1 Å². The molecule has 0 atom stereocenters. The van der Waals surface area contributed by atoms with Gasteiger partial charge in [0.15, 0.2) is 0 Å². The fourth-order valence-corrected chi connectivity index (χ4v) is 0.817. The second-order valence-electron chi connectivity index (χ2n) is 2.57. The number of nitrogens with zero attached hydrogens (tertiary/aromatic N) is 2. The SMILES string of the molecule is N#Cc1ccnc(/C=C/[B-](F)(F)F)c1. The van der Waals surface area contributed by atoms with Gasteiger partial charge in [-0.2, -0.15) is 5.26 Å². The highest BCUT2D eigenvalue weighted by atomic mass is 19.4. The summed E-state index contributed by atoms with van der Waals surface area (Å²) in [6.07, 6.45) is 2.14. The summed E-state index contributed by atoms with van der Waals surface area (Å²) < 4.78 is 35.4. The molecule has 1 heterocycles. The quantitative estimate of drug-likeness (QED) is 0.682. The molecular formula is C8H5BF3N2-. The fourth-order valence-electron chi connectivity index (χ4n) is 0.817. The lowest BCUT2D eigenvalue weighted by Crippen LogP contribution is -2.09. The molecule has 0 aliphatic heterocycles. The van der Waals surface area contributed by atoms with E-state index in [0.717, 1.165) is 6.08 Å². The summed E-state index contributed by atoms with van der Waals surface area (Å²) in [6, 6.07) is 4.53. The lowest BCUT2D eigenvalue weighted by atomic mass is 9.91. The fraction of sp³-hybridized carbons (Fsp3) is 0. The molecule has 0 saturated heterocycles. The van der Waals surface area contributed by atoms with Crippen LogP contribution >= 0.6 is 0 Å². The van der Waals surface area contributed by atoms with Crippen molar-refractivity contribution in [3.63, 3.8) is 0 Å². The number of hydrogen-bond donors (Lipinski definition) is 0. The summed E-state index contributed by atoms with van der Waals surface area (Å²) in [7, 11) is 0. The van der Waals surface area contributed by atoms with E-state index in [9.17, 15) is 12.9 Å². The minimum Gasteiger partial charge on any atom is -0.445 e. The van der Waals surface area contributed by atoms with Gasteiger partial charge in [0, 0.05) is 6.20 Å². The van der Waals surface area contributed by atoms with Crippen molar-refractivity contribution in [2.75, 3.05) is 0 Å². The Labute approximate surface area is 78.8 Å². The Morgan fingerprint density at radius 3 is 2.71 bits per heavy atom. The van der Waals surface area contributed by atoms with Crippen LogP contribution in [0.25, 0.3) is 6.08 Å². The Balaban J connectivity index is 2.89. The van der Waals surface area contributed by atoms with Crippen LogP contribution in [0, 0.1) is 11.3 Å². The highest BCUT2D eigenvalue weighted by molar-refractivity contribution is 6.64. The molecule has 1 aromatic heterocycles. The second-order valence-corrected chi connectivity index (χ2v) is 2.57. The van der Waals surface area contributed by atoms with Crippen molar-refractivity contribution in [2.24, 2.45) is 0 Å². The first-order chi connectivity index (χ1) is 6.51. The van der Waals surface area contributed by atoms with Crippen molar-refractivity contribution in [1.82, 2.24) is 4.98 Å². The van der Waals surface area contributed by atoms with Crippen LogP contribution in [0.2, 0.25) is 0 Å². The maximum absolute atomic E-state index is 11.8. The maximum Gasteiger partial charge on any atom is 0.502 e. The molecule has 0 bridgehead atoms. The van der Waals surface area contributed by atoms with E-state index < -0.39 is 6.98 Å². The van der Waals surface area contributed by atoms with Crippen LogP contribution in [-0.4, -0.2) is 12.0 Å². The summed E-state index contributed by atoms with van der Waals surface area (Å²) in [5.41, 5.74) is 0.414. The molecule has 6 heteroatoms. The van der Waals surface area contributed by atoms with Crippen molar-refractivity contribution in [3.8, 4) is 6.07 Å². The molecule has 0 unspecified atom stereocenters. The topological polar surface area (TPSA) is 36.7 Å². The first-order valence-corrected chi connectivity index (χ1v) is 3.76. The van der Waals surface area contributed by atoms with Crippen LogP contribution in [-0.2, 0) is 0 Å². The number of nitriles is 1. The minimum atomic E-state index is -4.95. The van der Waals surface area contributed by atoms with E-state index in [2.05, 4.69) is 4.98 Å². The molecule has 0 fully saturated rings. The second kappa shape index (κ2) is 3.96. The molecule has 0 radical (unpaired) electrons. The van der Waals surface area contributed by atoms with E-state index in [-0.39, 0.29) is 17.2 Å². The van der Waals surface area contributed by atoms with E-state index in [1.807, 2.05) is 6.07 Å². The number of pyridine rings is 1. The zero-order valence-electron chi connectivity index (χ0n) is 6.99. The predicted octanol–water partition coefficient (Wildman–Crippen LogP) is 2.35. The molecule has 0 spiro atoms. The largest absolute Gasteiger partial charge is 0.502 e. The normalized spacial score (nSPS) is 11.6. The Kier molecular flexibility index (Phi) is 2.92.